The van der Waals surface area contributed by atoms with Gasteiger partial charge in [-0.1, -0.05) is 12.1 Å². The Hall–Kier alpha value is -2.69. The van der Waals surface area contributed by atoms with Crippen molar-refractivity contribution in [1.82, 2.24) is 4.98 Å². The molecule has 0 N–H and O–H groups in total. The summed E-state index contributed by atoms with van der Waals surface area (Å²) in [5.41, 5.74) is 1.11. The molecule has 0 amide bonds. The molecule has 5 heteroatoms. The third kappa shape index (κ3) is 2.50. The fourth-order valence-corrected chi connectivity index (χ4v) is 2.18. The summed E-state index contributed by atoms with van der Waals surface area (Å²) in [5.74, 6) is -0.354. The van der Waals surface area contributed by atoms with Crippen LogP contribution < -0.4 is 5.43 Å². The van der Waals surface area contributed by atoms with E-state index < -0.39 is 0 Å². The van der Waals surface area contributed by atoms with E-state index in [2.05, 4.69) is 4.98 Å². The van der Waals surface area contributed by atoms with Gasteiger partial charge in [0.2, 0.25) is 11.1 Å². The summed E-state index contributed by atoms with van der Waals surface area (Å²) < 4.78 is 10.5. The fourth-order valence-electron chi connectivity index (χ4n) is 2.18. The van der Waals surface area contributed by atoms with Gasteiger partial charge < -0.3 is 9.15 Å². The second kappa shape index (κ2) is 5.36. The van der Waals surface area contributed by atoms with E-state index in [9.17, 15) is 9.59 Å². The highest BCUT2D eigenvalue weighted by atomic mass is 16.5. The molecule has 0 aliphatic rings. The zero-order valence-electron chi connectivity index (χ0n) is 11.5. The smallest absolute Gasteiger partial charge is 0.311 e. The molecule has 0 fully saturated rings. The Morgan fingerprint density at radius 2 is 2.00 bits per heavy atom. The fraction of sp³-hybridized carbons (Fsp3) is 0.188. The average Bonchev–Trinajstić information content (AvgIpc) is 2.47. The molecule has 1 aromatic carbocycles. The van der Waals surface area contributed by atoms with Gasteiger partial charge in [0.1, 0.15) is 5.58 Å². The number of aromatic nitrogens is 1. The molecule has 3 rings (SSSR count). The second-order valence-electron chi connectivity index (χ2n) is 4.56. The van der Waals surface area contributed by atoms with Gasteiger partial charge in [-0.15, -0.1) is 0 Å². The topological polar surface area (TPSA) is 69.4 Å². The first kappa shape index (κ1) is 13.3. The van der Waals surface area contributed by atoms with Crippen LogP contribution in [0, 0.1) is 0 Å². The molecule has 0 aliphatic carbocycles. The zero-order valence-corrected chi connectivity index (χ0v) is 11.5. The molecular weight excluding hydrogens is 270 g/mol. The van der Waals surface area contributed by atoms with Gasteiger partial charge in [0, 0.05) is 0 Å². The lowest BCUT2D eigenvalue weighted by Gasteiger charge is -2.04. The van der Waals surface area contributed by atoms with Crippen LogP contribution in [0.15, 0.2) is 45.6 Å². The number of hydrogen-bond acceptors (Lipinski definition) is 5. The van der Waals surface area contributed by atoms with Gasteiger partial charge in [-0.25, -0.2) is 4.98 Å². The Labute approximate surface area is 120 Å². The quantitative estimate of drug-likeness (QED) is 0.545. The van der Waals surface area contributed by atoms with Crippen molar-refractivity contribution in [1.29, 1.82) is 0 Å². The number of hydrogen-bond donors (Lipinski definition) is 0. The number of rotatable bonds is 3. The summed E-state index contributed by atoms with van der Waals surface area (Å²) in [7, 11) is 0. The minimum absolute atomic E-state index is 0.0559. The summed E-state index contributed by atoms with van der Waals surface area (Å²) in [6.45, 7) is 2.07. The van der Waals surface area contributed by atoms with Crippen molar-refractivity contribution in [2.75, 3.05) is 6.61 Å². The van der Waals surface area contributed by atoms with E-state index in [0.717, 1.165) is 0 Å². The molecule has 0 unspecified atom stereocenters. The summed E-state index contributed by atoms with van der Waals surface area (Å²) in [6, 6.07) is 10.3. The van der Waals surface area contributed by atoms with E-state index >= 15 is 0 Å². The number of esters is 1. The molecule has 0 radical (unpaired) electrons. The monoisotopic (exact) mass is 283 g/mol. The maximum Gasteiger partial charge on any atom is 0.311 e. The van der Waals surface area contributed by atoms with Crippen LogP contribution in [0.25, 0.3) is 22.1 Å². The molecule has 0 saturated heterocycles. The molecular formula is C16H13NO4. The van der Waals surface area contributed by atoms with E-state index in [0.29, 0.717) is 28.7 Å². The number of carbonyl (C=O) groups is 1. The number of benzene rings is 1. The standard InChI is InChI=1S/C16H13NO4/c1-2-20-14(18)9-10-7-8-12-15(19)11-5-3-4-6-13(11)21-16(12)17-10/h3-8H,2,9H2,1H3. The van der Waals surface area contributed by atoms with Crippen LogP contribution in [0.1, 0.15) is 12.6 Å². The first-order chi connectivity index (χ1) is 10.2. The predicted molar refractivity (Wildman–Crippen MR) is 78.1 cm³/mol. The SMILES string of the molecule is CCOC(=O)Cc1ccc2c(=O)c3ccccc3oc2n1. The number of para-hydroxylation sites is 1. The van der Waals surface area contributed by atoms with E-state index in [1.165, 1.54) is 0 Å². The lowest BCUT2D eigenvalue weighted by molar-refractivity contribution is -0.142. The van der Waals surface area contributed by atoms with Gasteiger partial charge >= 0.3 is 5.97 Å². The molecule has 0 aliphatic heterocycles. The molecule has 21 heavy (non-hydrogen) atoms. The number of ether oxygens (including phenoxy) is 1. The minimum atomic E-state index is -0.354. The molecule has 2 heterocycles. The number of fused-ring (bicyclic) bond motifs is 2. The Morgan fingerprint density at radius 3 is 2.81 bits per heavy atom. The molecule has 0 saturated carbocycles. The normalized spacial score (nSPS) is 10.9. The Kier molecular flexibility index (Phi) is 3.39. The molecule has 0 bridgehead atoms. The van der Waals surface area contributed by atoms with E-state index in [1.807, 2.05) is 0 Å². The van der Waals surface area contributed by atoms with Crippen LogP contribution in [0.3, 0.4) is 0 Å². The van der Waals surface area contributed by atoms with Crippen LogP contribution in [-0.4, -0.2) is 17.6 Å². The largest absolute Gasteiger partial charge is 0.466 e. The van der Waals surface area contributed by atoms with Crippen molar-refractivity contribution < 1.29 is 13.9 Å². The van der Waals surface area contributed by atoms with Gasteiger partial charge in [0.15, 0.2) is 0 Å². The zero-order chi connectivity index (χ0) is 14.8. The third-order valence-corrected chi connectivity index (χ3v) is 3.13. The molecule has 3 aromatic rings. The summed E-state index contributed by atoms with van der Waals surface area (Å²) in [5, 5.41) is 0.922. The van der Waals surface area contributed by atoms with Crippen molar-refractivity contribution >= 4 is 28.0 Å². The van der Waals surface area contributed by atoms with Gasteiger partial charge in [-0.3, -0.25) is 9.59 Å². The van der Waals surface area contributed by atoms with Gasteiger partial charge in [-0.05, 0) is 31.2 Å². The third-order valence-electron chi connectivity index (χ3n) is 3.13. The van der Waals surface area contributed by atoms with Gasteiger partial charge in [0.25, 0.3) is 0 Å². The highest BCUT2D eigenvalue weighted by molar-refractivity contribution is 5.88. The Bertz CT molecular complexity index is 882. The number of carbonyl (C=O) groups excluding carboxylic acids is 1. The molecule has 0 atom stereocenters. The second-order valence-corrected chi connectivity index (χ2v) is 4.56. The van der Waals surface area contributed by atoms with Crippen molar-refractivity contribution in [3.05, 3.63) is 52.3 Å². The van der Waals surface area contributed by atoms with E-state index in [4.69, 9.17) is 9.15 Å². The maximum atomic E-state index is 12.3. The van der Waals surface area contributed by atoms with Crippen LogP contribution in [0.4, 0.5) is 0 Å². The maximum absolute atomic E-state index is 12.3. The van der Waals surface area contributed by atoms with E-state index in [-0.39, 0.29) is 23.5 Å². The molecule has 0 spiro atoms. The van der Waals surface area contributed by atoms with Crippen molar-refractivity contribution in [2.24, 2.45) is 0 Å². The highest BCUT2D eigenvalue weighted by Crippen LogP contribution is 2.17. The van der Waals surface area contributed by atoms with Crippen molar-refractivity contribution in [2.45, 2.75) is 13.3 Å². The van der Waals surface area contributed by atoms with Crippen molar-refractivity contribution in [3.8, 4) is 0 Å². The van der Waals surface area contributed by atoms with Crippen molar-refractivity contribution in [3.63, 3.8) is 0 Å². The van der Waals surface area contributed by atoms with Gasteiger partial charge in [0.05, 0.1) is 29.5 Å². The van der Waals surface area contributed by atoms with Crippen LogP contribution in [0.2, 0.25) is 0 Å². The highest BCUT2D eigenvalue weighted by Gasteiger charge is 2.11. The minimum Gasteiger partial charge on any atom is -0.466 e. The Balaban J connectivity index is 2.11. The van der Waals surface area contributed by atoms with E-state index in [1.54, 1.807) is 43.3 Å². The molecule has 2 aromatic heterocycles. The summed E-state index contributed by atoms with van der Waals surface area (Å²) in [4.78, 5) is 28.0. The lowest BCUT2D eigenvalue weighted by atomic mass is 10.1. The Morgan fingerprint density at radius 1 is 1.19 bits per heavy atom. The summed E-state index contributed by atoms with van der Waals surface area (Å²) in [6.07, 6.45) is 0.0559. The summed E-state index contributed by atoms with van der Waals surface area (Å²) >= 11 is 0. The first-order valence-corrected chi connectivity index (χ1v) is 6.66. The van der Waals surface area contributed by atoms with Crippen LogP contribution in [-0.2, 0) is 16.0 Å². The average molecular weight is 283 g/mol. The molecule has 5 nitrogen and oxygen atoms in total. The first-order valence-electron chi connectivity index (χ1n) is 6.66. The number of nitrogens with zero attached hydrogens (tertiary/aromatic N) is 1. The molecule has 106 valence electrons. The number of pyridine rings is 1. The van der Waals surface area contributed by atoms with Crippen LogP contribution >= 0.6 is 0 Å². The van der Waals surface area contributed by atoms with Crippen LogP contribution in [0.5, 0.6) is 0 Å². The van der Waals surface area contributed by atoms with Gasteiger partial charge in [-0.2, -0.15) is 0 Å². The predicted octanol–water partition coefficient (Wildman–Crippen LogP) is 2.45. The lowest BCUT2D eigenvalue weighted by Crippen LogP contribution is -2.10.